The largest absolute Gasteiger partial charge is 0.494 e. The zero-order valence-electron chi connectivity index (χ0n) is 30.9. The van der Waals surface area contributed by atoms with E-state index < -0.39 is 0 Å². The van der Waals surface area contributed by atoms with Gasteiger partial charge in [-0.1, -0.05) is 35.9 Å². The number of rotatable bonds is 11. The Hall–Kier alpha value is -5.73. The molecular weight excluding hydrogens is 722 g/mol. The first kappa shape index (κ1) is 37.6. The van der Waals surface area contributed by atoms with Crippen molar-refractivity contribution in [1.29, 1.82) is 0 Å². The minimum absolute atomic E-state index is 0.0778. The molecule has 7 rings (SSSR count). The fourth-order valence-electron chi connectivity index (χ4n) is 7.31. The number of likely N-dealkylation sites (tertiary alicyclic amines) is 1. The summed E-state index contributed by atoms with van der Waals surface area (Å²) in [6, 6.07) is 20.7. The molecule has 3 fully saturated rings. The average molecular weight is 766 g/mol. The first-order valence-electron chi connectivity index (χ1n) is 18.5. The minimum atomic E-state index is -0.378. The number of piperazine rings is 1. The van der Waals surface area contributed by atoms with Gasteiger partial charge in [0.1, 0.15) is 10.8 Å². The van der Waals surface area contributed by atoms with Crippen LogP contribution >= 0.6 is 11.6 Å². The van der Waals surface area contributed by atoms with Gasteiger partial charge >= 0.3 is 6.03 Å². The van der Waals surface area contributed by atoms with Crippen LogP contribution in [0.1, 0.15) is 48.0 Å². The molecule has 55 heavy (non-hydrogen) atoms. The average Bonchev–Trinajstić information content (AvgIpc) is 3.20. The molecular formula is C40H44ClN9O5. The molecule has 4 amide bonds. The molecule has 3 aliphatic heterocycles. The zero-order chi connectivity index (χ0) is 38.5. The standard InChI is InChI=1S/C40H44ClN9O5/c1-26(51)31-5-3-4-6-33(31)43-38-32(41)24-42-39(46-38)44-34-12-11-30(23-35(34)55-2)48-19-21-49(22-20-48)37(53)25-47-16-13-28(14-17-47)27-7-9-29(10-8-27)50-18-15-36(52)45-40(50)54/h3-12,23-24,28H,13-22,25H2,1-2H3,(H,45,52,54)(H2,42,43,44,46). The van der Waals surface area contributed by atoms with Gasteiger partial charge in [-0.3, -0.25) is 29.5 Å². The monoisotopic (exact) mass is 765 g/mol. The van der Waals surface area contributed by atoms with Crippen molar-refractivity contribution in [2.24, 2.45) is 0 Å². The molecule has 3 aliphatic rings. The maximum absolute atomic E-state index is 13.3. The number of methoxy groups -OCH3 is 1. The Morgan fingerprint density at radius 1 is 0.891 bits per heavy atom. The lowest BCUT2D eigenvalue weighted by Gasteiger charge is -2.38. The van der Waals surface area contributed by atoms with E-state index in [0.717, 1.165) is 37.3 Å². The van der Waals surface area contributed by atoms with Crippen molar-refractivity contribution in [2.45, 2.75) is 32.1 Å². The van der Waals surface area contributed by atoms with Crippen LogP contribution in [0.4, 0.5) is 39.3 Å². The molecule has 286 valence electrons. The quantitative estimate of drug-likeness (QED) is 0.159. The summed E-state index contributed by atoms with van der Waals surface area (Å²) in [6.45, 7) is 6.67. The Balaban J connectivity index is 0.888. The summed E-state index contributed by atoms with van der Waals surface area (Å²) < 4.78 is 5.74. The Morgan fingerprint density at radius 2 is 1.62 bits per heavy atom. The van der Waals surface area contributed by atoms with Gasteiger partial charge in [0.05, 0.1) is 31.2 Å². The summed E-state index contributed by atoms with van der Waals surface area (Å²) in [4.78, 5) is 66.1. The zero-order valence-corrected chi connectivity index (χ0v) is 31.6. The van der Waals surface area contributed by atoms with Crippen LogP contribution in [0.15, 0.2) is 72.9 Å². The van der Waals surface area contributed by atoms with Gasteiger partial charge in [-0.25, -0.2) is 9.78 Å². The van der Waals surface area contributed by atoms with Crippen LogP contribution in [0.25, 0.3) is 0 Å². The van der Waals surface area contributed by atoms with Gasteiger partial charge in [0.15, 0.2) is 11.6 Å². The first-order valence-corrected chi connectivity index (χ1v) is 18.8. The van der Waals surface area contributed by atoms with Crippen molar-refractivity contribution >= 4 is 69.7 Å². The molecule has 4 heterocycles. The molecule has 14 nitrogen and oxygen atoms in total. The van der Waals surface area contributed by atoms with Gasteiger partial charge in [0.25, 0.3) is 0 Å². The first-order chi connectivity index (χ1) is 26.6. The predicted molar refractivity (Wildman–Crippen MR) is 212 cm³/mol. The molecule has 0 radical (unpaired) electrons. The molecule has 3 aromatic carbocycles. The molecule has 0 spiro atoms. The van der Waals surface area contributed by atoms with Gasteiger partial charge in [-0.15, -0.1) is 0 Å². The summed E-state index contributed by atoms with van der Waals surface area (Å²) >= 11 is 6.41. The number of ether oxygens (including phenoxy) is 1. The number of imide groups is 1. The van der Waals surface area contributed by atoms with Crippen LogP contribution in [-0.2, 0) is 9.59 Å². The highest BCUT2D eigenvalue weighted by molar-refractivity contribution is 6.33. The van der Waals surface area contributed by atoms with Crippen molar-refractivity contribution in [3.05, 3.63) is 89.1 Å². The van der Waals surface area contributed by atoms with E-state index in [2.05, 4.69) is 47.9 Å². The lowest BCUT2D eigenvalue weighted by molar-refractivity contribution is -0.133. The summed E-state index contributed by atoms with van der Waals surface area (Å²) in [5.41, 5.74) is 4.79. The van der Waals surface area contributed by atoms with Gasteiger partial charge in [-0.2, -0.15) is 4.98 Å². The second-order valence-electron chi connectivity index (χ2n) is 13.9. The van der Waals surface area contributed by atoms with Crippen LogP contribution in [0.5, 0.6) is 5.75 Å². The Kier molecular flexibility index (Phi) is 11.4. The second-order valence-corrected chi connectivity index (χ2v) is 14.3. The smallest absolute Gasteiger partial charge is 0.328 e. The molecule has 1 aromatic heterocycles. The van der Waals surface area contributed by atoms with E-state index in [1.165, 1.54) is 18.7 Å². The minimum Gasteiger partial charge on any atom is -0.494 e. The lowest BCUT2D eigenvalue weighted by Crippen LogP contribution is -2.51. The van der Waals surface area contributed by atoms with Gasteiger partial charge in [0.2, 0.25) is 17.8 Å². The number of amides is 4. The Bertz CT molecular complexity index is 2060. The second kappa shape index (κ2) is 16.7. The lowest BCUT2D eigenvalue weighted by atomic mass is 9.89. The summed E-state index contributed by atoms with van der Waals surface area (Å²) in [7, 11) is 1.61. The molecule has 3 saturated heterocycles. The number of ketones is 1. The molecule has 0 saturated carbocycles. The molecule has 0 unspecified atom stereocenters. The normalized spacial score (nSPS) is 16.8. The van der Waals surface area contributed by atoms with E-state index in [-0.39, 0.29) is 23.6 Å². The van der Waals surface area contributed by atoms with E-state index in [9.17, 15) is 19.2 Å². The summed E-state index contributed by atoms with van der Waals surface area (Å²) in [5.74, 6) is 1.50. The molecule has 4 aromatic rings. The topological polar surface area (TPSA) is 152 Å². The number of piperidine rings is 1. The number of halogens is 1. The number of urea groups is 1. The maximum Gasteiger partial charge on any atom is 0.328 e. The Morgan fingerprint density at radius 3 is 2.33 bits per heavy atom. The van der Waals surface area contributed by atoms with Gasteiger partial charge in [-0.05, 0) is 80.7 Å². The van der Waals surface area contributed by atoms with E-state index >= 15 is 0 Å². The SMILES string of the molecule is COc1cc(N2CCN(C(=O)CN3CCC(c4ccc(N5CCC(=O)NC5=O)cc4)CC3)CC2)ccc1Nc1ncc(Cl)c(Nc2ccccc2C(C)=O)n1. The molecule has 0 atom stereocenters. The number of carbonyl (C=O) groups excluding carboxylic acids is 4. The highest BCUT2D eigenvalue weighted by atomic mass is 35.5. The number of benzene rings is 3. The fourth-order valence-corrected chi connectivity index (χ4v) is 7.45. The molecule has 15 heteroatoms. The number of nitrogens with one attached hydrogen (secondary N) is 3. The molecule has 0 aliphatic carbocycles. The number of hydrogen-bond donors (Lipinski definition) is 3. The van der Waals surface area contributed by atoms with Crippen LogP contribution in [0.3, 0.4) is 0 Å². The van der Waals surface area contributed by atoms with Crippen molar-refractivity contribution in [3.8, 4) is 5.75 Å². The van der Waals surface area contributed by atoms with Crippen molar-refractivity contribution < 1.29 is 23.9 Å². The number of aromatic nitrogens is 2. The third-order valence-corrected chi connectivity index (χ3v) is 10.7. The summed E-state index contributed by atoms with van der Waals surface area (Å²) in [6.07, 6.45) is 3.71. The van der Waals surface area contributed by atoms with Crippen molar-refractivity contribution in [3.63, 3.8) is 0 Å². The highest BCUT2D eigenvalue weighted by Gasteiger charge is 2.28. The van der Waals surface area contributed by atoms with Crippen LogP contribution in [0.2, 0.25) is 5.02 Å². The van der Waals surface area contributed by atoms with Crippen LogP contribution < -0.4 is 30.5 Å². The van der Waals surface area contributed by atoms with Gasteiger partial charge < -0.3 is 25.2 Å². The number of anilines is 6. The molecule has 0 bridgehead atoms. The summed E-state index contributed by atoms with van der Waals surface area (Å²) in [5, 5.41) is 9.05. The van der Waals surface area contributed by atoms with Gasteiger partial charge in [0, 0.05) is 62.1 Å². The number of hydrogen-bond acceptors (Lipinski definition) is 11. The van der Waals surface area contributed by atoms with Crippen LogP contribution in [0, 0.1) is 0 Å². The molecule has 3 N–H and O–H groups in total. The highest BCUT2D eigenvalue weighted by Crippen LogP contribution is 2.34. The number of carbonyl (C=O) groups is 4. The van der Waals surface area contributed by atoms with E-state index in [0.29, 0.717) is 91.1 Å². The number of Topliss-reactive ketones (excluding diaryl/α,β-unsaturated/α-hetero) is 1. The van der Waals surface area contributed by atoms with E-state index in [1.807, 2.05) is 41.3 Å². The maximum atomic E-state index is 13.3. The predicted octanol–water partition coefficient (Wildman–Crippen LogP) is 5.80. The number of nitrogens with zero attached hydrogens (tertiary/aromatic N) is 6. The van der Waals surface area contributed by atoms with Crippen molar-refractivity contribution in [1.82, 2.24) is 25.1 Å². The van der Waals surface area contributed by atoms with Crippen LogP contribution in [-0.4, -0.2) is 103 Å². The fraction of sp³-hybridized carbons (Fsp3) is 0.350. The third kappa shape index (κ3) is 8.82. The van der Waals surface area contributed by atoms with E-state index in [4.69, 9.17) is 16.3 Å². The Labute approximate surface area is 324 Å². The number of para-hydroxylation sites is 1. The van der Waals surface area contributed by atoms with E-state index in [1.54, 1.807) is 30.2 Å². The third-order valence-electron chi connectivity index (χ3n) is 10.4. The van der Waals surface area contributed by atoms with Crippen molar-refractivity contribution in [2.75, 3.05) is 79.9 Å².